The number of para-hydroxylation sites is 1. The van der Waals surface area contributed by atoms with Crippen molar-refractivity contribution < 1.29 is 0 Å². The molecule has 0 spiro atoms. The molecule has 1 aromatic carbocycles. The molecule has 0 unspecified atom stereocenters. The molecule has 0 bridgehead atoms. The van der Waals surface area contributed by atoms with Crippen LogP contribution in [-0.2, 0) is 13.6 Å². The van der Waals surface area contributed by atoms with Crippen molar-refractivity contribution in [1.82, 2.24) is 19.8 Å². The molecule has 2 aromatic rings. The Kier molecular flexibility index (Phi) is 11.5. The lowest BCUT2D eigenvalue weighted by Gasteiger charge is -2.17. The number of likely N-dealkylation sites (N-methyl/N-ethyl adjacent to an activating group) is 2. The van der Waals surface area contributed by atoms with Gasteiger partial charge in [0.2, 0.25) is 0 Å². The summed E-state index contributed by atoms with van der Waals surface area (Å²) in [7, 11) is 5.74. The number of aromatic nitrogens is 2. The fourth-order valence-electron chi connectivity index (χ4n) is 2.03. The number of nitrogens with one attached hydrogen (secondary N) is 1. The zero-order chi connectivity index (χ0) is 13.8. The second-order valence-electron chi connectivity index (χ2n) is 4.75. The first kappa shape index (κ1) is 23.4. The fraction of sp³-hybridized carbons (Fsp3) is 0.429. The van der Waals surface area contributed by atoms with E-state index in [2.05, 4.69) is 15.2 Å². The van der Waals surface area contributed by atoms with E-state index < -0.39 is 0 Å². The highest BCUT2D eigenvalue weighted by molar-refractivity contribution is 5.86. The van der Waals surface area contributed by atoms with Gasteiger partial charge in [0.15, 0.2) is 0 Å². The lowest BCUT2D eigenvalue weighted by molar-refractivity contribution is 0.314. The predicted octanol–water partition coefficient (Wildman–Crippen LogP) is 1.85. The molecule has 1 N–H and O–H groups in total. The van der Waals surface area contributed by atoms with Crippen molar-refractivity contribution in [2.45, 2.75) is 6.54 Å². The summed E-state index contributed by atoms with van der Waals surface area (Å²) in [6.45, 7) is 2.50. The van der Waals surface area contributed by atoms with Crippen LogP contribution in [0.4, 0.5) is 0 Å². The van der Waals surface area contributed by atoms with Gasteiger partial charge in [-0.3, -0.25) is 14.3 Å². The van der Waals surface area contributed by atoms with Crippen molar-refractivity contribution >= 4 is 48.1 Å². The van der Waals surface area contributed by atoms with Gasteiger partial charge in [0.25, 0.3) is 5.56 Å². The second kappa shape index (κ2) is 10.8. The van der Waals surface area contributed by atoms with Gasteiger partial charge in [-0.1, -0.05) is 12.1 Å². The van der Waals surface area contributed by atoms with Gasteiger partial charge in [-0.15, -0.1) is 37.2 Å². The lowest BCUT2D eigenvalue weighted by atomic mass is 10.2. The van der Waals surface area contributed by atoms with E-state index in [0.717, 1.165) is 24.4 Å². The van der Waals surface area contributed by atoms with Gasteiger partial charge in [-0.2, -0.15) is 0 Å². The average molecular weight is 370 g/mol. The Morgan fingerprint density at radius 3 is 2.50 bits per heavy atom. The third-order valence-corrected chi connectivity index (χ3v) is 3.23. The Bertz CT molecular complexity index is 633. The van der Waals surface area contributed by atoms with E-state index >= 15 is 0 Å². The van der Waals surface area contributed by atoms with Crippen LogP contribution in [0.15, 0.2) is 29.1 Å². The number of fused-ring (bicyclic) bond motifs is 1. The Balaban J connectivity index is 0. The molecule has 22 heavy (non-hydrogen) atoms. The Morgan fingerprint density at radius 2 is 1.86 bits per heavy atom. The summed E-state index contributed by atoms with van der Waals surface area (Å²) >= 11 is 0. The number of nitrogens with zero attached hydrogens (tertiary/aromatic N) is 3. The summed E-state index contributed by atoms with van der Waals surface area (Å²) in [6.07, 6.45) is 0. The molecule has 0 radical (unpaired) electrons. The predicted molar refractivity (Wildman–Crippen MR) is 99.0 cm³/mol. The molecule has 1 aromatic heterocycles. The standard InChI is InChI=1S/C14H20N4O.3ClH/c1-15-8-9-17(2)10-13-16-12-7-5-4-6-11(12)14(19)18(13)3;;;/h4-7,15H,8-10H2,1-3H3;3*1H. The van der Waals surface area contributed by atoms with Crippen molar-refractivity contribution in [3.05, 3.63) is 40.4 Å². The average Bonchev–Trinajstić information content (AvgIpc) is 2.42. The number of hydrogen-bond acceptors (Lipinski definition) is 4. The van der Waals surface area contributed by atoms with E-state index in [4.69, 9.17) is 0 Å². The minimum absolute atomic E-state index is 0. The maximum Gasteiger partial charge on any atom is 0.261 e. The van der Waals surface area contributed by atoms with Crippen molar-refractivity contribution in [3.8, 4) is 0 Å². The van der Waals surface area contributed by atoms with Gasteiger partial charge in [0.05, 0.1) is 17.4 Å². The molecular formula is C14H23Cl3N4O. The van der Waals surface area contributed by atoms with Crippen LogP contribution in [0.3, 0.4) is 0 Å². The molecule has 0 atom stereocenters. The minimum atomic E-state index is 0. The van der Waals surface area contributed by atoms with Crippen molar-refractivity contribution in [3.63, 3.8) is 0 Å². The summed E-state index contributed by atoms with van der Waals surface area (Å²) in [5.41, 5.74) is 0.783. The van der Waals surface area contributed by atoms with Crippen LogP contribution in [0.1, 0.15) is 5.82 Å². The van der Waals surface area contributed by atoms with Crippen LogP contribution in [0.5, 0.6) is 0 Å². The third-order valence-electron chi connectivity index (χ3n) is 3.23. The first-order chi connectivity index (χ1) is 9.13. The zero-order valence-corrected chi connectivity index (χ0v) is 15.4. The molecule has 0 amide bonds. The Labute approximate surface area is 149 Å². The molecule has 0 saturated carbocycles. The summed E-state index contributed by atoms with van der Waals surface area (Å²) in [5.74, 6) is 0.794. The monoisotopic (exact) mass is 368 g/mol. The molecule has 126 valence electrons. The highest BCUT2D eigenvalue weighted by Gasteiger charge is 2.09. The SMILES string of the molecule is CNCCN(C)Cc1nc2ccccc2c(=O)n1C.Cl.Cl.Cl. The van der Waals surface area contributed by atoms with Gasteiger partial charge in [0.1, 0.15) is 5.82 Å². The van der Waals surface area contributed by atoms with Crippen molar-refractivity contribution in [1.29, 1.82) is 0 Å². The third kappa shape index (κ3) is 5.41. The normalized spacial score (nSPS) is 9.82. The minimum Gasteiger partial charge on any atom is -0.318 e. The fourth-order valence-corrected chi connectivity index (χ4v) is 2.03. The van der Waals surface area contributed by atoms with Gasteiger partial charge in [-0.05, 0) is 26.2 Å². The zero-order valence-electron chi connectivity index (χ0n) is 12.9. The summed E-state index contributed by atoms with van der Waals surface area (Å²) in [4.78, 5) is 19.0. The van der Waals surface area contributed by atoms with Gasteiger partial charge in [-0.25, -0.2) is 4.98 Å². The van der Waals surface area contributed by atoms with E-state index in [1.54, 1.807) is 11.6 Å². The highest BCUT2D eigenvalue weighted by Crippen LogP contribution is 2.08. The molecular weight excluding hydrogens is 347 g/mol. The van der Waals surface area contributed by atoms with Crippen LogP contribution in [0.2, 0.25) is 0 Å². The van der Waals surface area contributed by atoms with E-state index in [1.165, 1.54) is 0 Å². The van der Waals surface area contributed by atoms with Crippen LogP contribution in [0.25, 0.3) is 10.9 Å². The molecule has 2 rings (SSSR count). The van der Waals surface area contributed by atoms with E-state index in [1.807, 2.05) is 38.4 Å². The van der Waals surface area contributed by atoms with Gasteiger partial charge < -0.3 is 5.32 Å². The summed E-state index contributed by atoms with van der Waals surface area (Å²) < 4.78 is 1.64. The number of benzene rings is 1. The van der Waals surface area contributed by atoms with Crippen molar-refractivity contribution in [2.75, 3.05) is 27.2 Å². The van der Waals surface area contributed by atoms with Crippen LogP contribution in [-0.4, -0.2) is 41.6 Å². The molecule has 0 fully saturated rings. The summed E-state index contributed by atoms with van der Waals surface area (Å²) in [5, 5.41) is 3.78. The smallest absolute Gasteiger partial charge is 0.261 e. The molecule has 0 saturated heterocycles. The topological polar surface area (TPSA) is 50.2 Å². The van der Waals surface area contributed by atoms with E-state index in [0.29, 0.717) is 11.9 Å². The molecule has 0 aliphatic heterocycles. The molecule has 8 heteroatoms. The number of rotatable bonds is 5. The molecule has 0 aliphatic rings. The Hall–Kier alpha value is -0.850. The number of hydrogen-bond donors (Lipinski definition) is 1. The Morgan fingerprint density at radius 1 is 1.23 bits per heavy atom. The highest BCUT2D eigenvalue weighted by atomic mass is 35.5. The molecule has 0 aliphatic carbocycles. The van der Waals surface area contributed by atoms with Crippen LogP contribution < -0.4 is 10.9 Å². The van der Waals surface area contributed by atoms with Crippen LogP contribution >= 0.6 is 37.2 Å². The second-order valence-corrected chi connectivity index (χ2v) is 4.75. The maximum absolute atomic E-state index is 12.2. The molecule has 1 heterocycles. The maximum atomic E-state index is 12.2. The largest absolute Gasteiger partial charge is 0.318 e. The number of halogens is 3. The van der Waals surface area contributed by atoms with E-state index in [9.17, 15) is 4.79 Å². The first-order valence-electron chi connectivity index (χ1n) is 6.41. The molecule has 5 nitrogen and oxygen atoms in total. The van der Waals surface area contributed by atoms with Crippen molar-refractivity contribution in [2.24, 2.45) is 7.05 Å². The van der Waals surface area contributed by atoms with Gasteiger partial charge in [0, 0.05) is 20.1 Å². The van der Waals surface area contributed by atoms with Gasteiger partial charge >= 0.3 is 0 Å². The summed E-state index contributed by atoms with van der Waals surface area (Å²) in [6, 6.07) is 7.47. The first-order valence-corrected chi connectivity index (χ1v) is 6.41. The quantitative estimate of drug-likeness (QED) is 0.874. The van der Waals surface area contributed by atoms with E-state index in [-0.39, 0.29) is 42.8 Å². The van der Waals surface area contributed by atoms with Crippen LogP contribution in [0, 0.1) is 0 Å². The lowest BCUT2D eigenvalue weighted by Crippen LogP contribution is -2.31.